The number of aromatic nitrogens is 2. The minimum Gasteiger partial charge on any atom is -0.362 e. The van der Waals surface area contributed by atoms with E-state index in [-0.39, 0.29) is 0 Å². The highest BCUT2D eigenvalue weighted by atomic mass is 35.5. The van der Waals surface area contributed by atoms with Gasteiger partial charge in [0.25, 0.3) is 0 Å². The van der Waals surface area contributed by atoms with Crippen LogP contribution in [0.15, 0.2) is 0 Å². The topological polar surface area (TPSA) is 52.7 Å². The Hall–Kier alpha value is -0.900. The lowest BCUT2D eigenvalue weighted by atomic mass is 10.5. The Labute approximate surface area is 56.6 Å². The molecule has 3 N–H and O–H groups in total. The second kappa shape index (κ2) is 1.54. The van der Waals surface area contributed by atoms with Gasteiger partial charge in [-0.3, -0.25) is 5.10 Å². The molecule has 0 bridgehead atoms. The maximum Gasteiger partial charge on any atom is 0.174 e. The zero-order valence-corrected chi connectivity index (χ0v) is 5.29. The maximum absolute atomic E-state index is 5.66. The fourth-order valence-electron chi connectivity index (χ4n) is 0.826. The van der Waals surface area contributed by atoms with Gasteiger partial charge in [0.05, 0.1) is 6.67 Å². The number of fused-ring (bicyclic) bond motifs is 1. The minimum atomic E-state index is 0.565. The van der Waals surface area contributed by atoms with E-state index >= 15 is 0 Å². The molecule has 0 saturated heterocycles. The van der Waals surface area contributed by atoms with Gasteiger partial charge < -0.3 is 10.6 Å². The molecule has 2 rings (SSSR count). The van der Waals surface area contributed by atoms with E-state index < -0.39 is 0 Å². The number of hydrogen-bond acceptors (Lipinski definition) is 3. The fourth-order valence-corrected chi connectivity index (χ4v) is 1.02. The Bertz CT molecular complexity index is 230. The van der Waals surface area contributed by atoms with Gasteiger partial charge in [-0.2, -0.15) is 5.10 Å². The van der Waals surface area contributed by atoms with Gasteiger partial charge in [0.15, 0.2) is 5.82 Å². The molecule has 2 heterocycles. The van der Waals surface area contributed by atoms with Crippen LogP contribution in [0.2, 0.25) is 5.15 Å². The van der Waals surface area contributed by atoms with Crippen LogP contribution in [0.5, 0.6) is 0 Å². The van der Waals surface area contributed by atoms with Crippen LogP contribution in [0.25, 0.3) is 0 Å². The average Bonchev–Trinajstić information content (AvgIpc) is 2.35. The highest BCUT2D eigenvalue weighted by Gasteiger charge is 2.15. The molecule has 0 aromatic carbocycles. The molecular weight excluding hydrogens is 140 g/mol. The van der Waals surface area contributed by atoms with E-state index in [0.29, 0.717) is 11.8 Å². The first-order valence-corrected chi connectivity index (χ1v) is 2.97. The molecule has 1 aromatic heterocycles. The molecule has 9 heavy (non-hydrogen) atoms. The van der Waals surface area contributed by atoms with Gasteiger partial charge in [0.2, 0.25) is 0 Å². The van der Waals surface area contributed by atoms with Crippen molar-refractivity contribution in [1.29, 1.82) is 0 Å². The second-order valence-corrected chi connectivity index (χ2v) is 2.17. The van der Waals surface area contributed by atoms with E-state index in [1.54, 1.807) is 0 Å². The Morgan fingerprint density at radius 3 is 3.11 bits per heavy atom. The Balaban J connectivity index is 2.56. The van der Waals surface area contributed by atoms with Crippen molar-refractivity contribution in [3.05, 3.63) is 5.15 Å². The zero-order valence-electron chi connectivity index (χ0n) is 4.53. The molecule has 1 aliphatic heterocycles. The summed E-state index contributed by atoms with van der Waals surface area (Å²) in [5.74, 6) is 0.806. The van der Waals surface area contributed by atoms with Crippen molar-refractivity contribution in [2.45, 2.75) is 0 Å². The third-order valence-electron chi connectivity index (χ3n) is 1.24. The van der Waals surface area contributed by atoms with Crippen LogP contribution in [0, 0.1) is 0 Å². The first-order chi connectivity index (χ1) is 4.38. The Kier molecular flexibility index (Phi) is 0.843. The quantitative estimate of drug-likeness (QED) is 0.506. The number of aromatic amines is 1. The smallest absolute Gasteiger partial charge is 0.174 e. The standard InChI is InChI=1S/C4H5ClN4/c5-3-2-4(9-8-3)7-1-6-2/h6H,1H2,(H2,7,8,9). The highest BCUT2D eigenvalue weighted by Crippen LogP contribution is 2.29. The summed E-state index contributed by atoms with van der Waals surface area (Å²) in [6.07, 6.45) is 0. The van der Waals surface area contributed by atoms with Gasteiger partial charge >= 0.3 is 0 Å². The lowest BCUT2D eigenvalue weighted by molar-refractivity contribution is 1.07. The Morgan fingerprint density at radius 2 is 2.33 bits per heavy atom. The number of H-pyrrole nitrogens is 1. The third kappa shape index (κ3) is 0.564. The molecule has 0 radical (unpaired) electrons. The number of halogens is 1. The summed E-state index contributed by atoms with van der Waals surface area (Å²) >= 11 is 5.66. The van der Waals surface area contributed by atoms with Crippen LogP contribution >= 0.6 is 11.6 Å². The van der Waals surface area contributed by atoms with Crippen molar-refractivity contribution in [3.63, 3.8) is 0 Å². The normalized spacial score (nSPS) is 14.3. The number of nitrogens with zero attached hydrogens (tertiary/aromatic N) is 1. The summed E-state index contributed by atoms with van der Waals surface area (Å²) in [7, 11) is 0. The van der Waals surface area contributed by atoms with Crippen LogP contribution in [0.3, 0.4) is 0 Å². The van der Waals surface area contributed by atoms with Crippen molar-refractivity contribution in [1.82, 2.24) is 10.2 Å². The molecule has 1 aliphatic rings. The van der Waals surface area contributed by atoms with Crippen molar-refractivity contribution in [2.24, 2.45) is 0 Å². The maximum atomic E-state index is 5.66. The first kappa shape index (κ1) is 4.93. The van der Waals surface area contributed by atoms with Gasteiger partial charge in [0, 0.05) is 0 Å². The molecule has 0 saturated carbocycles. The highest BCUT2D eigenvalue weighted by molar-refractivity contribution is 6.32. The second-order valence-electron chi connectivity index (χ2n) is 1.79. The van der Waals surface area contributed by atoms with Crippen LogP contribution in [-0.4, -0.2) is 16.9 Å². The van der Waals surface area contributed by atoms with Gasteiger partial charge in [0.1, 0.15) is 10.8 Å². The van der Waals surface area contributed by atoms with Crippen LogP contribution in [0.4, 0.5) is 11.5 Å². The molecule has 0 aliphatic carbocycles. The van der Waals surface area contributed by atoms with Gasteiger partial charge in [-0.05, 0) is 0 Å². The summed E-state index contributed by atoms with van der Waals surface area (Å²) < 4.78 is 0. The van der Waals surface area contributed by atoms with Crippen LogP contribution in [0.1, 0.15) is 0 Å². The van der Waals surface area contributed by atoms with Gasteiger partial charge in [-0.1, -0.05) is 11.6 Å². The predicted octanol–water partition coefficient (Wildman–Crippen LogP) is 0.858. The van der Waals surface area contributed by atoms with E-state index in [1.807, 2.05) is 0 Å². The molecular formula is C4H5ClN4. The van der Waals surface area contributed by atoms with E-state index in [0.717, 1.165) is 11.5 Å². The van der Waals surface area contributed by atoms with Crippen molar-refractivity contribution in [3.8, 4) is 0 Å². The molecule has 1 aromatic rings. The fraction of sp³-hybridized carbons (Fsp3) is 0.250. The summed E-state index contributed by atoms with van der Waals surface area (Å²) in [6.45, 7) is 0.714. The number of anilines is 2. The van der Waals surface area contributed by atoms with Crippen molar-refractivity contribution in [2.75, 3.05) is 17.3 Å². The van der Waals surface area contributed by atoms with Crippen LogP contribution in [-0.2, 0) is 0 Å². The van der Waals surface area contributed by atoms with E-state index in [9.17, 15) is 0 Å². The monoisotopic (exact) mass is 144 g/mol. The summed E-state index contributed by atoms with van der Waals surface area (Å²) in [5, 5.41) is 13.1. The van der Waals surface area contributed by atoms with Crippen LogP contribution < -0.4 is 10.6 Å². The lowest BCUT2D eigenvalue weighted by Crippen LogP contribution is -2.01. The molecule has 0 unspecified atom stereocenters. The van der Waals surface area contributed by atoms with Gasteiger partial charge in [-0.25, -0.2) is 0 Å². The lowest BCUT2D eigenvalue weighted by Gasteiger charge is -1.89. The van der Waals surface area contributed by atoms with E-state index in [4.69, 9.17) is 11.6 Å². The SMILES string of the molecule is Clc1[nH]nc2c1NCN2. The minimum absolute atomic E-state index is 0.565. The molecule has 0 fully saturated rings. The summed E-state index contributed by atoms with van der Waals surface area (Å²) in [4.78, 5) is 0. The molecule has 48 valence electrons. The molecule has 0 atom stereocenters. The number of rotatable bonds is 0. The summed E-state index contributed by atoms with van der Waals surface area (Å²) in [6, 6.07) is 0. The van der Waals surface area contributed by atoms with E-state index in [1.165, 1.54) is 0 Å². The largest absolute Gasteiger partial charge is 0.362 e. The number of nitrogens with one attached hydrogen (secondary N) is 3. The predicted molar refractivity (Wildman–Crippen MR) is 35.7 cm³/mol. The molecule has 4 nitrogen and oxygen atoms in total. The average molecular weight is 145 g/mol. The van der Waals surface area contributed by atoms with Crippen molar-refractivity contribution < 1.29 is 0 Å². The first-order valence-electron chi connectivity index (χ1n) is 2.59. The summed E-state index contributed by atoms with van der Waals surface area (Å²) in [5.41, 5.74) is 0.872. The molecule has 5 heteroatoms. The van der Waals surface area contributed by atoms with E-state index in [2.05, 4.69) is 20.8 Å². The zero-order chi connectivity index (χ0) is 6.27. The third-order valence-corrected chi connectivity index (χ3v) is 1.52. The Morgan fingerprint density at radius 1 is 1.44 bits per heavy atom. The molecule has 0 spiro atoms. The van der Waals surface area contributed by atoms with Gasteiger partial charge in [-0.15, -0.1) is 0 Å². The molecule has 0 amide bonds. The number of hydrogen-bond donors (Lipinski definition) is 3. The van der Waals surface area contributed by atoms with Crippen molar-refractivity contribution >= 4 is 23.1 Å².